The van der Waals surface area contributed by atoms with Gasteiger partial charge in [0.05, 0.1) is 11.8 Å². The number of aromatic nitrogens is 3. The van der Waals surface area contributed by atoms with Crippen LogP contribution in [-0.4, -0.2) is 26.2 Å². The molecule has 6 heteroatoms. The van der Waals surface area contributed by atoms with Crippen LogP contribution >= 0.6 is 0 Å². The van der Waals surface area contributed by atoms with Gasteiger partial charge in [0.1, 0.15) is 0 Å². The molecule has 0 saturated heterocycles. The third-order valence-corrected chi connectivity index (χ3v) is 3.93. The second-order valence-electron chi connectivity index (χ2n) is 5.70. The number of carboxylic acids is 1. The Kier molecular flexibility index (Phi) is 2.81. The van der Waals surface area contributed by atoms with Gasteiger partial charge in [0, 0.05) is 18.8 Å². The summed E-state index contributed by atoms with van der Waals surface area (Å²) in [5.74, 6) is -0.488. The molecule has 1 aliphatic rings. The number of nitrogens with zero attached hydrogens (tertiary/aromatic N) is 3. The van der Waals surface area contributed by atoms with Crippen molar-refractivity contribution in [2.75, 3.05) is 0 Å². The Balaban J connectivity index is 1.77. The molecule has 1 N–H and O–H groups in total. The van der Waals surface area contributed by atoms with Gasteiger partial charge >= 0.3 is 5.97 Å². The van der Waals surface area contributed by atoms with Gasteiger partial charge in [-0.2, -0.15) is 4.98 Å². The molecule has 0 radical (unpaired) electrons. The summed E-state index contributed by atoms with van der Waals surface area (Å²) in [6.07, 6.45) is 3.98. The standard InChI is InChI=1S/C14H15N3O3/c1-14(2)10(11(14)13(18)19)12-16-9(17-20-12)6-8-4-3-5-15-7-8/h3-5,7,10-11H,6H2,1-2H3,(H,18,19). The highest BCUT2D eigenvalue weighted by atomic mass is 16.5. The zero-order valence-electron chi connectivity index (χ0n) is 11.3. The van der Waals surface area contributed by atoms with Crippen LogP contribution in [0.15, 0.2) is 29.0 Å². The second kappa shape index (κ2) is 4.40. The monoisotopic (exact) mass is 273 g/mol. The van der Waals surface area contributed by atoms with Crippen molar-refractivity contribution >= 4 is 5.97 Å². The minimum Gasteiger partial charge on any atom is -0.481 e. The summed E-state index contributed by atoms with van der Waals surface area (Å²) in [5.41, 5.74) is 0.661. The summed E-state index contributed by atoms with van der Waals surface area (Å²) < 4.78 is 5.23. The van der Waals surface area contributed by atoms with E-state index in [0.29, 0.717) is 18.1 Å². The number of pyridine rings is 1. The van der Waals surface area contributed by atoms with Crippen molar-refractivity contribution in [2.24, 2.45) is 11.3 Å². The number of hydrogen-bond acceptors (Lipinski definition) is 5. The van der Waals surface area contributed by atoms with Gasteiger partial charge < -0.3 is 9.63 Å². The quantitative estimate of drug-likeness (QED) is 0.914. The first-order chi connectivity index (χ1) is 9.50. The molecule has 104 valence electrons. The van der Waals surface area contributed by atoms with Crippen LogP contribution in [0.25, 0.3) is 0 Å². The van der Waals surface area contributed by atoms with Crippen molar-refractivity contribution in [2.45, 2.75) is 26.2 Å². The minimum absolute atomic E-state index is 0.199. The van der Waals surface area contributed by atoms with E-state index in [1.54, 1.807) is 12.4 Å². The molecule has 1 fully saturated rings. The summed E-state index contributed by atoms with van der Waals surface area (Å²) >= 11 is 0. The molecule has 6 nitrogen and oxygen atoms in total. The first-order valence-corrected chi connectivity index (χ1v) is 6.44. The molecule has 1 saturated carbocycles. The van der Waals surface area contributed by atoms with E-state index in [1.165, 1.54) is 0 Å². The predicted octanol–water partition coefficient (Wildman–Crippen LogP) is 1.88. The van der Waals surface area contributed by atoms with Crippen molar-refractivity contribution in [1.29, 1.82) is 0 Å². The number of carbonyl (C=O) groups is 1. The van der Waals surface area contributed by atoms with Crippen molar-refractivity contribution in [3.05, 3.63) is 41.8 Å². The molecule has 2 aromatic heterocycles. The van der Waals surface area contributed by atoms with Crippen molar-refractivity contribution in [3.63, 3.8) is 0 Å². The fourth-order valence-corrected chi connectivity index (χ4v) is 2.71. The lowest BCUT2D eigenvalue weighted by Crippen LogP contribution is -2.03. The van der Waals surface area contributed by atoms with E-state index in [2.05, 4.69) is 15.1 Å². The predicted molar refractivity (Wildman–Crippen MR) is 69.0 cm³/mol. The Hall–Kier alpha value is -2.24. The van der Waals surface area contributed by atoms with Crippen molar-refractivity contribution in [3.8, 4) is 0 Å². The Morgan fingerprint density at radius 1 is 1.50 bits per heavy atom. The van der Waals surface area contributed by atoms with Gasteiger partial charge in [-0.05, 0) is 17.0 Å². The van der Waals surface area contributed by atoms with Gasteiger partial charge in [-0.15, -0.1) is 0 Å². The van der Waals surface area contributed by atoms with Gasteiger partial charge in [0.15, 0.2) is 5.82 Å². The van der Waals surface area contributed by atoms with E-state index in [0.717, 1.165) is 5.56 Å². The molecular formula is C14H15N3O3. The van der Waals surface area contributed by atoms with E-state index in [9.17, 15) is 4.79 Å². The normalized spacial score (nSPS) is 23.5. The smallest absolute Gasteiger partial charge is 0.307 e. The first-order valence-electron chi connectivity index (χ1n) is 6.44. The second-order valence-corrected chi connectivity index (χ2v) is 5.70. The van der Waals surface area contributed by atoms with E-state index in [4.69, 9.17) is 9.63 Å². The highest BCUT2D eigenvalue weighted by Crippen LogP contribution is 2.63. The van der Waals surface area contributed by atoms with Crippen LogP contribution in [0.3, 0.4) is 0 Å². The van der Waals surface area contributed by atoms with Crippen molar-refractivity contribution in [1.82, 2.24) is 15.1 Å². The molecule has 2 atom stereocenters. The topological polar surface area (TPSA) is 89.1 Å². The van der Waals surface area contributed by atoms with Gasteiger partial charge in [0.2, 0.25) is 5.89 Å². The number of carboxylic acid groups (broad SMARTS) is 1. The van der Waals surface area contributed by atoms with E-state index >= 15 is 0 Å². The lowest BCUT2D eigenvalue weighted by atomic mass is 10.1. The number of hydrogen-bond donors (Lipinski definition) is 1. The summed E-state index contributed by atoms with van der Waals surface area (Å²) in [5, 5.41) is 13.1. The van der Waals surface area contributed by atoms with Crippen LogP contribution in [0.4, 0.5) is 0 Å². The zero-order valence-corrected chi connectivity index (χ0v) is 11.3. The maximum atomic E-state index is 11.2. The fraction of sp³-hybridized carbons (Fsp3) is 0.429. The maximum absolute atomic E-state index is 11.2. The largest absolute Gasteiger partial charge is 0.481 e. The average Bonchev–Trinajstić information content (AvgIpc) is 2.76. The molecule has 2 heterocycles. The summed E-state index contributed by atoms with van der Waals surface area (Å²) in [6.45, 7) is 3.81. The van der Waals surface area contributed by atoms with Gasteiger partial charge in [-0.3, -0.25) is 9.78 Å². The molecular weight excluding hydrogens is 258 g/mol. The summed E-state index contributed by atoms with van der Waals surface area (Å²) in [4.78, 5) is 19.5. The Morgan fingerprint density at radius 2 is 2.30 bits per heavy atom. The lowest BCUT2D eigenvalue weighted by molar-refractivity contribution is -0.139. The fourth-order valence-electron chi connectivity index (χ4n) is 2.71. The van der Waals surface area contributed by atoms with Crippen LogP contribution < -0.4 is 0 Å². The molecule has 0 bridgehead atoms. The van der Waals surface area contributed by atoms with Gasteiger partial charge in [-0.1, -0.05) is 25.1 Å². The summed E-state index contributed by atoms with van der Waals surface area (Å²) in [6, 6.07) is 3.78. The van der Waals surface area contributed by atoms with Crippen LogP contribution in [0.1, 0.15) is 37.0 Å². The van der Waals surface area contributed by atoms with Crippen molar-refractivity contribution < 1.29 is 14.4 Å². The molecule has 0 amide bonds. The maximum Gasteiger partial charge on any atom is 0.307 e. The van der Waals surface area contributed by atoms with Crippen LogP contribution in [0.2, 0.25) is 0 Å². The third kappa shape index (κ3) is 2.07. The Labute approximate surface area is 115 Å². The SMILES string of the molecule is CC1(C)C(C(=O)O)C1c1nc(Cc2cccnc2)no1. The van der Waals surface area contributed by atoms with Crippen LogP contribution in [-0.2, 0) is 11.2 Å². The molecule has 0 aliphatic heterocycles. The average molecular weight is 273 g/mol. The van der Waals surface area contributed by atoms with E-state index in [1.807, 2.05) is 26.0 Å². The van der Waals surface area contributed by atoms with Gasteiger partial charge in [0.25, 0.3) is 0 Å². The molecule has 2 unspecified atom stereocenters. The molecule has 0 spiro atoms. The molecule has 0 aromatic carbocycles. The van der Waals surface area contributed by atoms with E-state index in [-0.39, 0.29) is 11.3 Å². The number of aliphatic carboxylic acids is 1. The summed E-state index contributed by atoms with van der Waals surface area (Å²) in [7, 11) is 0. The van der Waals surface area contributed by atoms with Crippen LogP contribution in [0, 0.1) is 11.3 Å². The lowest BCUT2D eigenvalue weighted by Gasteiger charge is -1.96. The number of rotatable bonds is 4. The van der Waals surface area contributed by atoms with Gasteiger partial charge in [-0.25, -0.2) is 0 Å². The minimum atomic E-state index is -0.813. The molecule has 2 aromatic rings. The Bertz CT molecular complexity index is 636. The molecule has 20 heavy (non-hydrogen) atoms. The van der Waals surface area contributed by atoms with Crippen LogP contribution in [0.5, 0.6) is 0 Å². The molecule has 3 rings (SSSR count). The first kappa shape index (κ1) is 12.8. The highest BCUT2D eigenvalue weighted by molar-refractivity contribution is 5.77. The Morgan fingerprint density at radius 3 is 2.90 bits per heavy atom. The van der Waals surface area contributed by atoms with E-state index < -0.39 is 11.9 Å². The molecule has 1 aliphatic carbocycles. The third-order valence-electron chi connectivity index (χ3n) is 3.93. The zero-order chi connectivity index (χ0) is 14.3. The highest BCUT2D eigenvalue weighted by Gasteiger charge is 2.65.